The van der Waals surface area contributed by atoms with E-state index in [2.05, 4.69) is 25.9 Å². The minimum Gasteiger partial charge on any atom is -0.367 e. The van der Waals surface area contributed by atoms with Gasteiger partial charge in [-0.15, -0.1) is 0 Å². The summed E-state index contributed by atoms with van der Waals surface area (Å²) in [7, 11) is 3.74. The number of nitrogens with one attached hydrogen (secondary N) is 3. The average molecular weight is 583 g/mol. The number of halogens is 2. The Morgan fingerprint density at radius 3 is 2.51 bits per heavy atom. The molecule has 4 bridgehead atoms. The van der Waals surface area contributed by atoms with Gasteiger partial charge in [0, 0.05) is 44.2 Å². The second kappa shape index (κ2) is 12.0. The number of anilines is 2. The van der Waals surface area contributed by atoms with Gasteiger partial charge in [0.25, 0.3) is 0 Å². The van der Waals surface area contributed by atoms with E-state index >= 15 is 0 Å². The molecule has 0 saturated heterocycles. The molecule has 1 heterocycles. The smallest absolute Gasteiger partial charge is 0.225 e. The Morgan fingerprint density at radius 2 is 1.80 bits per heavy atom. The first-order chi connectivity index (χ1) is 19.8. The normalized spacial score (nSPS) is 32.1. The molecule has 5 atom stereocenters. The van der Waals surface area contributed by atoms with Gasteiger partial charge in [-0.2, -0.15) is 4.98 Å². The van der Waals surface area contributed by atoms with E-state index < -0.39 is 5.82 Å². The van der Waals surface area contributed by atoms with Crippen molar-refractivity contribution < 1.29 is 9.18 Å². The van der Waals surface area contributed by atoms with Crippen LogP contribution >= 0.6 is 11.6 Å². The van der Waals surface area contributed by atoms with Crippen molar-refractivity contribution in [1.29, 1.82) is 0 Å². The van der Waals surface area contributed by atoms with Crippen molar-refractivity contribution in [3.8, 4) is 0 Å². The minimum absolute atomic E-state index is 0.210. The van der Waals surface area contributed by atoms with Crippen molar-refractivity contribution in [2.45, 2.75) is 70.4 Å². The van der Waals surface area contributed by atoms with Gasteiger partial charge in [-0.3, -0.25) is 4.79 Å². The summed E-state index contributed by atoms with van der Waals surface area (Å²) in [5, 5.41) is 11.3. The summed E-state index contributed by atoms with van der Waals surface area (Å²) < 4.78 is 14.7. The summed E-state index contributed by atoms with van der Waals surface area (Å²) in [4.78, 5) is 22.7. The molecule has 0 aliphatic heterocycles. The third-order valence-corrected chi connectivity index (χ3v) is 10.8. The number of benzene rings is 1. The molecule has 0 radical (unpaired) electrons. The molecule has 7 nitrogen and oxygen atoms in total. The first-order valence-corrected chi connectivity index (χ1v) is 15.8. The fourth-order valence-electron chi connectivity index (χ4n) is 8.69. The molecular formula is C32H44ClFN6O. The van der Waals surface area contributed by atoms with Crippen LogP contribution in [0.2, 0.25) is 5.02 Å². The molecule has 5 saturated carbocycles. The molecule has 9 heteroatoms. The van der Waals surface area contributed by atoms with Gasteiger partial charge in [0.2, 0.25) is 11.9 Å². The van der Waals surface area contributed by atoms with E-state index in [4.69, 9.17) is 11.6 Å². The number of aromatic nitrogens is 2. The third kappa shape index (κ3) is 6.34. The highest BCUT2D eigenvalue weighted by Gasteiger charge is 2.55. The van der Waals surface area contributed by atoms with E-state index in [1.54, 1.807) is 4.90 Å². The zero-order valence-electron chi connectivity index (χ0n) is 24.3. The SMILES string of the molecule is CN(C)C(=O)[C@H]1CC[C@@H](CN[C@@H]2[C@@H]3CC4C[C@H]2C[C@@](CNc2nc(NCc5ccccc5Cl)ncc2F)(C4)C3)CC1. The molecule has 1 aromatic carbocycles. The van der Waals surface area contributed by atoms with Crippen molar-refractivity contribution in [3.63, 3.8) is 0 Å². The van der Waals surface area contributed by atoms with Crippen LogP contribution in [0.25, 0.3) is 0 Å². The van der Waals surface area contributed by atoms with Crippen molar-refractivity contribution in [3.05, 3.63) is 46.9 Å². The lowest BCUT2D eigenvalue weighted by molar-refractivity contribution is -0.134. The molecule has 2 aromatic rings. The minimum atomic E-state index is -0.417. The summed E-state index contributed by atoms with van der Waals surface area (Å²) in [5.41, 5.74) is 1.15. The Labute approximate surface area is 248 Å². The quantitative estimate of drug-likeness (QED) is 0.320. The second-order valence-corrected chi connectivity index (χ2v) is 14.0. The van der Waals surface area contributed by atoms with Gasteiger partial charge < -0.3 is 20.9 Å². The topological polar surface area (TPSA) is 82.2 Å². The van der Waals surface area contributed by atoms with E-state index in [-0.39, 0.29) is 17.2 Å². The maximum Gasteiger partial charge on any atom is 0.225 e. The van der Waals surface area contributed by atoms with Crippen LogP contribution in [0.1, 0.15) is 63.4 Å². The van der Waals surface area contributed by atoms with Gasteiger partial charge in [-0.1, -0.05) is 29.8 Å². The van der Waals surface area contributed by atoms with Gasteiger partial charge in [-0.05, 0) is 105 Å². The lowest BCUT2D eigenvalue weighted by Crippen LogP contribution is -2.60. The number of carbonyl (C=O) groups is 1. The zero-order chi connectivity index (χ0) is 28.6. The van der Waals surface area contributed by atoms with E-state index in [1.165, 1.54) is 38.3 Å². The Balaban J connectivity index is 1.02. The van der Waals surface area contributed by atoms with Crippen molar-refractivity contribution in [2.75, 3.05) is 37.8 Å². The number of carbonyl (C=O) groups excluding carboxylic acids is 1. The van der Waals surface area contributed by atoms with E-state index in [1.807, 2.05) is 38.4 Å². The largest absolute Gasteiger partial charge is 0.367 e. The molecule has 5 aliphatic rings. The third-order valence-electron chi connectivity index (χ3n) is 10.4. The average Bonchev–Trinajstić information content (AvgIpc) is 2.96. The van der Waals surface area contributed by atoms with Crippen LogP contribution < -0.4 is 16.0 Å². The summed E-state index contributed by atoms with van der Waals surface area (Å²) in [5.74, 6) is 3.60. The number of hydrogen-bond acceptors (Lipinski definition) is 6. The molecule has 1 unspecified atom stereocenters. The summed E-state index contributed by atoms with van der Waals surface area (Å²) in [6.45, 7) is 2.31. The number of amides is 1. The van der Waals surface area contributed by atoms with Crippen LogP contribution in [0.4, 0.5) is 16.2 Å². The fraction of sp³-hybridized carbons (Fsp3) is 0.656. The highest BCUT2D eigenvalue weighted by Crippen LogP contribution is 2.60. The van der Waals surface area contributed by atoms with E-state index in [9.17, 15) is 9.18 Å². The lowest BCUT2D eigenvalue weighted by atomic mass is 9.48. The molecule has 222 valence electrons. The zero-order valence-corrected chi connectivity index (χ0v) is 25.1. The predicted molar refractivity (Wildman–Crippen MR) is 161 cm³/mol. The predicted octanol–water partition coefficient (Wildman–Crippen LogP) is 5.97. The van der Waals surface area contributed by atoms with Gasteiger partial charge in [-0.25, -0.2) is 9.37 Å². The Kier molecular flexibility index (Phi) is 8.42. The van der Waals surface area contributed by atoms with Crippen LogP contribution in [0, 0.1) is 40.8 Å². The highest BCUT2D eigenvalue weighted by molar-refractivity contribution is 6.31. The van der Waals surface area contributed by atoms with Gasteiger partial charge in [0.1, 0.15) is 0 Å². The van der Waals surface area contributed by atoms with Crippen molar-refractivity contribution in [1.82, 2.24) is 20.2 Å². The highest BCUT2D eigenvalue weighted by atomic mass is 35.5. The molecule has 5 fully saturated rings. The standard InChI is InChI=1S/C32H44ClFN6O/c1-40(2)30(41)22-9-7-20(8-10-22)16-35-28-24-11-21-12-25(28)15-32(13-21,14-24)19-38-29-27(34)18-37-31(39-29)36-17-23-5-3-4-6-26(23)33/h3-6,18,20-22,24-25,28,35H,7-17,19H2,1-2H3,(H2,36,37,38,39)/t20-,21?,22+,24-,25+,28-,32-. The Hall–Kier alpha value is -2.45. The number of rotatable bonds is 10. The molecular weight excluding hydrogens is 539 g/mol. The molecule has 5 aliphatic carbocycles. The van der Waals surface area contributed by atoms with E-state index in [0.717, 1.165) is 50.3 Å². The lowest BCUT2D eigenvalue weighted by Gasteiger charge is -2.60. The fourth-order valence-corrected chi connectivity index (χ4v) is 8.89. The number of hydrogen-bond donors (Lipinski definition) is 3. The van der Waals surface area contributed by atoms with Crippen LogP contribution in [0.15, 0.2) is 30.5 Å². The van der Waals surface area contributed by atoms with Gasteiger partial charge >= 0.3 is 0 Å². The molecule has 3 N–H and O–H groups in total. The molecule has 7 rings (SSSR count). The number of nitrogens with zero attached hydrogens (tertiary/aromatic N) is 3. The van der Waals surface area contributed by atoms with Crippen molar-refractivity contribution >= 4 is 29.3 Å². The maximum atomic E-state index is 14.7. The summed E-state index contributed by atoms with van der Waals surface area (Å²) in [6, 6.07) is 8.23. The first kappa shape index (κ1) is 28.7. The summed E-state index contributed by atoms with van der Waals surface area (Å²) in [6.07, 6.45) is 11.8. The van der Waals surface area contributed by atoms with Crippen LogP contribution in [-0.2, 0) is 11.3 Å². The molecule has 1 aromatic heterocycles. The molecule has 1 amide bonds. The Morgan fingerprint density at radius 1 is 1.07 bits per heavy atom. The van der Waals surface area contributed by atoms with Gasteiger partial charge in [0.15, 0.2) is 11.6 Å². The first-order valence-electron chi connectivity index (χ1n) is 15.5. The van der Waals surface area contributed by atoms with Crippen molar-refractivity contribution in [2.24, 2.45) is 35.0 Å². The van der Waals surface area contributed by atoms with E-state index in [0.29, 0.717) is 47.2 Å². The van der Waals surface area contributed by atoms with Gasteiger partial charge in [0.05, 0.1) is 6.20 Å². The van der Waals surface area contributed by atoms with Crippen LogP contribution in [-0.4, -0.2) is 54.0 Å². The monoisotopic (exact) mass is 582 g/mol. The summed E-state index contributed by atoms with van der Waals surface area (Å²) >= 11 is 6.27. The molecule has 0 spiro atoms. The van der Waals surface area contributed by atoms with Crippen LogP contribution in [0.3, 0.4) is 0 Å². The second-order valence-electron chi connectivity index (χ2n) is 13.5. The van der Waals surface area contributed by atoms with Crippen LogP contribution in [0.5, 0.6) is 0 Å². The Bertz CT molecular complexity index is 1220. The molecule has 41 heavy (non-hydrogen) atoms. The maximum absolute atomic E-state index is 14.7.